The van der Waals surface area contributed by atoms with Crippen LogP contribution < -0.4 is 5.32 Å². The van der Waals surface area contributed by atoms with Gasteiger partial charge in [0.2, 0.25) is 0 Å². The minimum absolute atomic E-state index is 0.293. The lowest BCUT2D eigenvalue weighted by Crippen LogP contribution is -2.38. The predicted octanol–water partition coefficient (Wildman–Crippen LogP) is 2.31. The van der Waals surface area contributed by atoms with E-state index in [0.29, 0.717) is 12.0 Å². The third kappa shape index (κ3) is 3.25. The third-order valence-corrected chi connectivity index (χ3v) is 2.85. The Morgan fingerprint density at radius 3 is 2.69 bits per heavy atom. The fourth-order valence-electron chi connectivity index (χ4n) is 1.92. The van der Waals surface area contributed by atoms with E-state index in [4.69, 9.17) is 0 Å². The Labute approximate surface area is 79.8 Å². The zero-order valence-corrected chi connectivity index (χ0v) is 8.51. The summed E-state index contributed by atoms with van der Waals surface area (Å²) in [5.74, 6) is 0.585. The molecule has 1 amide bonds. The first-order valence-electron chi connectivity index (χ1n) is 5.08. The van der Waals surface area contributed by atoms with Crippen LogP contribution in [-0.4, -0.2) is 19.2 Å². The molecule has 1 rings (SSSR count). The van der Waals surface area contributed by atoms with E-state index >= 15 is 0 Å². The van der Waals surface area contributed by atoms with Crippen molar-refractivity contribution < 1.29 is 9.53 Å². The summed E-state index contributed by atoms with van der Waals surface area (Å²) in [6, 6.07) is 0.315. The van der Waals surface area contributed by atoms with Crippen molar-refractivity contribution in [3.63, 3.8) is 0 Å². The van der Waals surface area contributed by atoms with E-state index in [-0.39, 0.29) is 6.09 Å². The lowest BCUT2D eigenvalue weighted by atomic mass is 9.97. The number of carbonyl (C=O) groups excluding carboxylic acids is 1. The predicted molar refractivity (Wildman–Crippen MR) is 51.6 cm³/mol. The Bertz CT molecular complexity index is 170. The van der Waals surface area contributed by atoms with Gasteiger partial charge in [0.1, 0.15) is 0 Å². The molecule has 2 atom stereocenters. The molecule has 0 aromatic carbocycles. The minimum Gasteiger partial charge on any atom is -0.453 e. The average molecular weight is 185 g/mol. The van der Waals surface area contributed by atoms with Gasteiger partial charge in [0.25, 0.3) is 0 Å². The molecule has 0 aromatic heterocycles. The molecule has 0 heterocycles. The van der Waals surface area contributed by atoms with Crippen LogP contribution in [-0.2, 0) is 4.74 Å². The second-order valence-corrected chi connectivity index (χ2v) is 3.86. The Morgan fingerprint density at radius 2 is 2.00 bits per heavy atom. The molecule has 1 saturated carbocycles. The quantitative estimate of drug-likeness (QED) is 0.637. The van der Waals surface area contributed by atoms with E-state index in [1.807, 2.05) is 0 Å². The van der Waals surface area contributed by atoms with Crippen molar-refractivity contribution in [2.24, 2.45) is 5.92 Å². The van der Waals surface area contributed by atoms with Crippen LogP contribution in [0.3, 0.4) is 0 Å². The summed E-state index contributed by atoms with van der Waals surface area (Å²) in [6.07, 6.45) is 5.83. The van der Waals surface area contributed by atoms with Crippen LogP contribution in [0.15, 0.2) is 0 Å². The van der Waals surface area contributed by atoms with E-state index in [0.717, 1.165) is 6.42 Å². The first-order valence-corrected chi connectivity index (χ1v) is 5.08. The van der Waals surface area contributed by atoms with Gasteiger partial charge in [-0.1, -0.05) is 26.2 Å². The number of rotatable bonds is 1. The Balaban J connectivity index is 2.40. The fourth-order valence-corrected chi connectivity index (χ4v) is 1.92. The summed E-state index contributed by atoms with van der Waals surface area (Å²) in [7, 11) is 1.41. The average Bonchev–Trinajstić information content (AvgIpc) is 2.32. The molecule has 3 nitrogen and oxygen atoms in total. The molecule has 0 spiro atoms. The van der Waals surface area contributed by atoms with Crippen molar-refractivity contribution in [3.8, 4) is 0 Å². The van der Waals surface area contributed by atoms with Crippen LogP contribution in [0.1, 0.15) is 39.0 Å². The molecule has 1 aliphatic rings. The van der Waals surface area contributed by atoms with Gasteiger partial charge in [0, 0.05) is 6.04 Å². The lowest BCUT2D eigenvalue weighted by Gasteiger charge is -2.21. The maximum absolute atomic E-state index is 11.0. The van der Waals surface area contributed by atoms with Crippen LogP contribution in [0.4, 0.5) is 4.79 Å². The van der Waals surface area contributed by atoms with E-state index < -0.39 is 0 Å². The van der Waals surface area contributed by atoms with Crippen molar-refractivity contribution in [1.29, 1.82) is 0 Å². The second-order valence-electron chi connectivity index (χ2n) is 3.86. The van der Waals surface area contributed by atoms with Crippen LogP contribution in [0.25, 0.3) is 0 Å². The molecule has 0 saturated heterocycles. The maximum Gasteiger partial charge on any atom is 0.407 e. The Hall–Kier alpha value is -0.730. The number of carbonyl (C=O) groups is 1. The minimum atomic E-state index is -0.293. The molecule has 1 N–H and O–H groups in total. The van der Waals surface area contributed by atoms with E-state index in [1.54, 1.807) is 0 Å². The third-order valence-electron chi connectivity index (χ3n) is 2.85. The fraction of sp³-hybridized carbons (Fsp3) is 0.900. The molecular formula is C10H19NO2. The van der Waals surface area contributed by atoms with E-state index in [1.165, 1.54) is 32.8 Å². The van der Waals surface area contributed by atoms with Gasteiger partial charge < -0.3 is 10.1 Å². The highest BCUT2D eigenvalue weighted by Crippen LogP contribution is 2.22. The van der Waals surface area contributed by atoms with Gasteiger partial charge in [-0.2, -0.15) is 0 Å². The van der Waals surface area contributed by atoms with Crippen LogP contribution in [0.2, 0.25) is 0 Å². The van der Waals surface area contributed by atoms with Crippen molar-refractivity contribution in [1.82, 2.24) is 5.32 Å². The highest BCUT2D eigenvalue weighted by Gasteiger charge is 2.21. The highest BCUT2D eigenvalue weighted by atomic mass is 16.5. The molecule has 0 aromatic rings. The largest absolute Gasteiger partial charge is 0.453 e. The zero-order valence-electron chi connectivity index (χ0n) is 8.51. The van der Waals surface area contributed by atoms with Gasteiger partial charge in [-0.3, -0.25) is 0 Å². The second kappa shape index (κ2) is 5.10. The van der Waals surface area contributed by atoms with Gasteiger partial charge in [0.15, 0.2) is 0 Å². The van der Waals surface area contributed by atoms with Crippen LogP contribution in [0, 0.1) is 5.92 Å². The Kier molecular flexibility index (Phi) is 4.06. The molecule has 0 aliphatic heterocycles. The molecule has 0 radical (unpaired) electrons. The molecule has 3 heteroatoms. The van der Waals surface area contributed by atoms with Crippen molar-refractivity contribution in [2.45, 2.75) is 45.1 Å². The summed E-state index contributed by atoms with van der Waals surface area (Å²) in [6.45, 7) is 2.20. The maximum atomic E-state index is 11.0. The number of amides is 1. The molecule has 0 bridgehead atoms. The first kappa shape index (κ1) is 10.4. The molecule has 2 unspecified atom stereocenters. The number of hydrogen-bond acceptors (Lipinski definition) is 2. The van der Waals surface area contributed by atoms with Crippen LogP contribution >= 0.6 is 0 Å². The highest BCUT2D eigenvalue weighted by molar-refractivity contribution is 5.67. The smallest absolute Gasteiger partial charge is 0.407 e. The molecule has 1 fully saturated rings. The van der Waals surface area contributed by atoms with Crippen molar-refractivity contribution in [2.75, 3.05) is 7.11 Å². The standard InChI is InChI=1S/C10H19NO2/c1-8-6-4-3-5-7-9(8)11-10(12)13-2/h8-9H,3-7H2,1-2H3,(H,11,12). The summed E-state index contributed by atoms with van der Waals surface area (Å²) in [4.78, 5) is 11.0. The molecule has 76 valence electrons. The summed E-state index contributed by atoms with van der Waals surface area (Å²) in [5.41, 5.74) is 0. The SMILES string of the molecule is COC(=O)NC1CCCCCC1C. The van der Waals surface area contributed by atoms with Crippen molar-refractivity contribution >= 4 is 6.09 Å². The first-order chi connectivity index (χ1) is 6.24. The van der Waals surface area contributed by atoms with Gasteiger partial charge in [-0.15, -0.1) is 0 Å². The van der Waals surface area contributed by atoms with Gasteiger partial charge in [0.05, 0.1) is 7.11 Å². The Morgan fingerprint density at radius 1 is 1.31 bits per heavy atom. The molecule has 13 heavy (non-hydrogen) atoms. The summed E-state index contributed by atoms with van der Waals surface area (Å²) >= 11 is 0. The summed E-state index contributed by atoms with van der Waals surface area (Å²) < 4.78 is 4.59. The number of methoxy groups -OCH3 is 1. The topological polar surface area (TPSA) is 38.3 Å². The van der Waals surface area contributed by atoms with Gasteiger partial charge >= 0.3 is 6.09 Å². The zero-order chi connectivity index (χ0) is 9.68. The molecule has 1 aliphatic carbocycles. The lowest BCUT2D eigenvalue weighted by molar-refractivity contribution is 0.161. The monoisotopic (exact) mass is 185 g/mol. The summed E-state index contributed by atoms with van der Waals surface area (Å²) in [5, 5.41) is 2.90. The van der Waals surface area contributed by atoms with E-state index in [2.05, 4.69) is 17.0 Å². The number of ether oxygens (including phenoxy) is 1. The van der Waals surface area contributed by atoms with Gasteiger partial charge in [-0.25, -0.2) is 4.79 Å². The molecular weight excluding hydrogens is 166 g/mol. The number of hydrogen-bond donors (Lipinski definition) is 1. The van der Waals surface area contributed by atoms with Crippen LogP contribution in [0.5, 0.6) is 0 Å². The van der Waals surface area contributed by atoms with E-state index in [9.17, 15) is 4.79 Å². The van der Waals surface area contributed by atoms with Crippen molar-refractivity contribution in [3.05, 3.63) is 0 Å². The number of nitrogens with one attached hydrogen (secondary N) is 1. The normalized spacial score (nSPS) is 29.1. The number of alkyl carbamates (subject to hydrolysis) is 1. The van der Waals surface area contributed by atoms with Gasteiger partial charge in [-0.05, 0) is 18.8 Å².